The summed E-state index contributed by atoms with van der Waals surface area (Å²) in [5, 5.41) is 10.4. The van der Waals surface area contributed by atoms with Gasteiger partial charge in [-0.05, 0) is 69.6 Å². The van der Waals surface area contributed by atoms with Gasteiger partial charge in [0.15, 0.2) is 0 Å². The SMILES string of the molecule is CCc1c(F)cc(Oc2ccc3[nH]cc(-c4nc5c([nH]4)CN(CC4CCN(C)CC4)C5)c3c2)cc1C#N. The number of H-pyrrole nitrogens is 2. The van der Waals surface area contributed by atoms with Crippen LogP contribution in [0.2, 0.25) is 0 Å². The van der Waals surface area contributed by atoms with Crippen molar-refractivity contribution in [3.05, 3.63) is 64.9 Å². The first kappa shape index (κ1) is 23.7. The highest BCUT2D eigenvalue weighted by Gasteiger charge is 2.27. The summed E-state index contributed by atoms with van der Waals surface area (Å²) < 4.78 is 20.5. The van der Waals surface area contributed by atoms with E-state index in [1.165, 1.54) is 37.7 Å². The van der Waals surface area contributed by atoms with Gasteiger partial charge in [-0.25, -0.2) is 9.37 Å². The first-order valence-corrected chi connectivity index (χ1v) is 13.0. The average Bonchev–Trinajstić information content (AvgIpc) is 3.58. The van der Waals surface area contributed by atoms with E-state index in [1.807, 2.05) is 31.3 Å². The molecule has 8 heteroatoms. The highest BCUT2D eigenvalue weighted by atomic mass is 19.1. The molecule has 0 aliphatic carbocycles. The molecule has 0 unspecified atom stereocenters. The van der Waals surface area contributed by atoms with Gasteiger partial charge in [0.25, 0.3) is 0 Å². The summed E-state index contributed by atoms with van der Waals surface area (Å²) in [5.41, 5.74) is 4.97. The maximum absolute atomic E-state index is 14.5. The second-order valence-corrected chi connectivity index (χ2v) is 10.3. The number of nitriles is 1. The zero-order valence-corrected chi connectivity index (χ0v) is 21.3. The summed E-state index contributed by atoms with van der Waals surface area (Å²) in [6.45, 7) is 7.14. The molecule has 0 amide bonds. The lowest BCUT2D eigenvalue weighted by atomic mass is 9.97. The fraction of sp³-hybridized carbons (Fsp3) is 0.379. The van der Waals surface area contributed by atoms with Crippen LogP contribution in [0, 0.1) is 23.1 Å². The van der Waals surface area contributed by atoms with E-state index in [4.69, 9.17) is 9.72 Å². The Labute approximate surface area is 215 Å². The Kier molecular flexibility index (Phi) is 6.19. The van der Waals surface area contributed by atoms with Crippen LogP contribution in [0.25, 0.3) is 22.3 Å². The molecule has 7 nitrogen and oxygen atoms in total. The van der Waals surface area contributed by atoms with Gasteiger partial charge in [0.2, 0.25) is 0 Å². The van der Waals surface area contributed by atoms with E-state index in [0.29, 0.717) is 29.0 Å². The average molecular weight is 499 g/mol. The number of hydrogen-bond acceptors (Lipinski definition) is 5. The normalized spacial score (nSPS) is 16.8. The number of ether oxygens (including phenoxy) is 1. The first-order chi connectivity index (χ1) is 18.0. The predicted molar refractivity (Wildman–Crippen MR) is 141 cm³/mol. The summed E-state index contributed by atoms with van der Waals surface area (Å²) >= 11 is 0. The minimum Gasteiger partial charge on any atom is -0.457 e. The van der Waals surface area contributed by atoms with Crippen LogP contribution in [0.15, 0.2) is 36.5 Å². The Morgan fingerprint density at radius 2 is 2.00 bits per heavy atom. The van der Waals surface area contributed by atoms with Crippen molar-refractivity contribution < 1.29 is 9.13 Å². The topological polar surface area (TPSA) is 84.0 Å². The second-order valence-electron chi connectivity index (χ2n) is 10.3. The third kappa shape index (κ3) is 4.61. The summed E-state index contributed by atoms with van der Waals surface area (Å²) in [4.78, 5) is 16.8. The monoisotopic (exact) mass is 498 g/mol. The number of aromatic amines is 2. The molecule has 2 aromatic heterocycles. The van der Waals surface area contributed by atoms with E-state index >= 15 is 0 Å². The van der Waals surface area contributed by atoms with Crippen molar-refractivity contribution in [3.8, 4) is 29.0 Å². The van der Waals surface area contributed by atoms with E-state index in [2.05, 4.69) is 32.9 Å². The Morgan fingerprint density at radius 3 is 2.76 bits per heavy atom. The molecule has 0 spiro atoms. The lowest BCUT2D eigenvalue weighted by molar-refractivity contribution is 0.159. The maximum atomic E-state index is 14.5. The van der Waals surface area contributed by atoms with Crippen LogP contribution in [0.5, 0.6) is 11.5 Å². The predicted octanol–water partition coefficient (Wildman–Crippen LogP) is 5.58. The lowest BCUT2D eigenvalue weighted by Crippen LogP contribution is -2.35. The molecule has 4 aromatic rings. The molecule has 1 saturated heterocycles. The zero-order chi connectivity index (χ0) is 25.5. The fourth-order valence-corrected chi connectivity index (χ4v) is 5.69. The molecule has 0 atom stereocenters. The Hall–Kier alpha value is -3.67. The number of imidazole rings is 1. The zero-order valence-electron chi connectivity index (χ0n) is 21.3. The molecular weight excluding hydrogens is 467 g/mol. The fourth-order valence-electron chi connectivity index (χ4n) is 5.69. The number of nitrogens with one attached hydrogen (secondary N) is 2. The summed E-state index contributed by atoms with van der Waals surface area (Å²) in [6.07, 6.45) is 4.96. The van der Waals surface area contributed by atoms with Crippen LogP contribution in [-0.2, 0) is 19.5 Å². The number of aromatic nitrogens is 3. The largest absolute Gasteiger partial charge is 0.457 e. The van der Waals surface area contributed by atoms with Crippen molar-refractivity contribution in [3.63, 3.8) is 0 Å². The molecule has 0 bridgehead atoms. The van der Waals surface area contributed by atoms with Crippen molar-refractivity contribution in [1.29, 1.82) is 5.26 Å². The Balaban J connectivity index is 1.20. The molecule has 0 radical (unpaired) electrons. The minimum absolute atomic E-state index is 0.302. The number of nitrogens with zero attached hydrogens (tertiary/aromatic N) is 4. The molecule has 2 N–H and O–H groups in total. The third-order valence-corrected chi connectivity index (χ3v) is 7.76. The van der Waals surface area contributed by atoms with Crippen LogP contribution < -0.4 is 4.74 Å². The van der Waals surface area contributed by atoms with Crippen molar-refractivity contribution in [2.45, 2.75) is 39.3 Å². The molecule has 2 aliphatic heterocycles. The standard InChI is InChI=1S/C29H31FN6O/c1-3-22-19(13-31)10-21(12-25(22)30)37-20-4-5-26-23(11-20)24(14-32-26)29-33-27-16-36(17-28(27)34-29)15-18-6-8-35(2)9-7-18/h4-5,10-12,14,18,32H,3,6-9,15-17H2,1-2H3,(H,33,34). The number of likely N-dealkylation sites (tertiary alicyclic amines) is 1. The number of fused-ring (bicyclic) bond motifs is 2. The highest BCUT2D eigenvalue weighted by Crippen LogP contribution is 2.34. The molecule has 37 heavy (non-hydrogen) atoms. The maximum Gasteiger partial charge on any atom is 0.140 e. The van der Waals surface area contributed by atoms with E-state index in [9.17, 15) is 9.65 Å². The van der Waals surface area contributed by atoms with Crippen LogP contribution in [0.1, 0.15) is 42.3 Å². The highest BCUT2D eigenvalue weighted by molar-refractivity contribution is 5.94. The van der Waals surface area contributed by atoms with Gasteiger partial charge in [0.05, 0.1) is 23.0 Å². The number of rotatable bonds is 6. The van der Waals surface area contributed by atoms with Crippen molar-refractivity contribution >= 4 is 10.9 Å². The quantitative estimate of drug-likeness (QED) is 0.363. The molecule has 2 aliphatic rings. The molecular formula is C29H31FN6O. The second kappa shape index (κ2) is 9.66. The van der Waals surface area contributed by atoms with Crippen molar-refractivity contribution in [2.75, 3.05) is 26.7 Å². The van der Waals surface area contributed by atoms with Gasteiger partial charge in [-0.1, -0.05) is 6.92 Å². The molecule has 190 valence electrons. The van der Waals surface area contributed by atoms with Crippen LogP contribution in [0.3, 0.4) is 0 Å². The van der Waals surface area contributed by atoms with Gasteiger partial charge in [-0.2, -0.15) is 5.26 Å². The molecule has 0 saturated carbocycles. The van der Waals surface area contributed by atoms with Gasteiger partial charge < -0.3 is 19.6 Å². The van der Waals surface area contributed by atoms with Gasteiger partial charge in [-0.15, -0.1) is 0 Å². The number of benzene rings is 2. The van der Waals surface area contributed by atoms with Gasteiger partial charge in [-0.3, -0.25) is 4.90 Å². The van der Waals surface area contributed by atoms with Gasteiger partial charge in [0.1, 0.15) is 23.1 Å². The van der Waals surface area contributed by atoms with Crippen LogP contribution in [-0.4, -0.2) is 51.4 Å². The van der Waals surface area contributed by atoms with Crippen LogP contribution in [0.4, 0.5) is 4.39 Å². The Bertz CT molecular complexity index is 1470. The van der Waals surface area contributed by atoms with E-state index in [1.54, 1.807) is 6.07 Å². The van der Waals surface area contributed by atoms with E-state index in [0.717, 1.165) is 53.5 Å². The van der Waals surface area contributed by atoms with Crippen LogP contribution >= 0.6 is 0 Å². The third-order valence-electron chi connectivity index (χ3n) is 7.76. The number of hydrogen-bond donors (Lipinski definition) is 2. The van der Waals surface area contributed by atoms with Gasteiger partial charge in [0, 0.05) is 53.9 Å². The number of piperidine rings is 1. The summed E-state index contributed by atoms with van der Waals surface area (Å²) in [6, 6.07) is 10.7. The molecule has 4 heterocycles. The summed E-state index contributed by atoms with van der Waals surface area (Å²) in [5.74, 6) is 2.07. The smallest absolute Gasteiger partial charge is 0.140 e. The molecule has 6 rings (SSSR count). The van der Waals surface area contributed by atoms with Gasteiger partial charge >= 0.3 is 0 Å². The Morgan fingerprint density at radius 1 is 1.16 bits per heavy atom. The first-order valence-electron chi connectivity index (χ1n) is 13.0. The molecule has 1 fully saturated rings. The minimum atomic E-state index is -0.421. The van der Waals surface area contributed by atoms with E-state index in [-0.39, 0.29) is 0 Å². The number of halogens is 1. The lowest BCUT2D eigenvalue weighted by Gasteiger charge is -2.31. The molecule has 2 aromatic carbocycles. The van der Waals surface area contributed by atoms with Crippen molar-refractivity contribution in [1.82, 2.24) is 24.8 Å². The van der Waals surface area contributed by atoms with E-state index < -0.39 is 5.82 Å². The van der Waals surface area contributed by atoms with Crippen molar-refractivity contribution in [2.24, 2.45) is 5.92 Å². The summed E-state index contributed by atoms with van der Waals surface area (Å²) in [7, 11) is 2.20.